The average Bonchev–Trinajstić information content (AvgIpc) is 2.62. The SMILES string of the molecule is CC(C(=O)c1ccc(N2CCCCC2)cc1)C1=CCCC=C1F. The van der Waals surface area contributed by atoms with E-state index in [0.29, 0.717) is 11.1 Å². The van der Waals surface area contributed by atoms with Gasteiger partial charge in [-0.25, -0.2) is 4.39 Å². The molecule has 1 saturated heterocycles. The van der Waals surface area contributed by atoms with Gasteiger partial charge in [0.05, 0.1) is 0 Å². The van der Waals surface area contributed by atoms with Gasteiger partial charge in [-0.1, -0.05) is 13.0 Å². The monoisotopic (exact) mass is 313 g/mol. The Morgan fingerprint density at radius 2 is 1.70 bits per heavy atom. The van der Waals surface area contributed by atoms with Crippen molar-refractivity contribution >= 4 is 11.5 Å². The van der Waals surface area contributed by atoms with Crippen molar-refractivity contribution in [1.82, 2.24) is 0 Å². The zero-order valence-electron chi connectivity index (χ0n) is 13.7. The number of carbonyl (C=O) groups excluding carboxylic acids is 1. The first-order chi connectivity index (χ1) is 11.2. The van der Waals surface area contributed by atoms with E-state index >= 15 is 0 Å². The number of rotatable bonds is 4. The number of carbonyl (C=O) groups is 1. The number of halogens is 1. The molecule has 122 valence electrons. The van der Waals surface area contributed by atoms with Gasteiger partial charge < -0.3 is 4.90 Å². The molecule has 1 aliphatic carbocycles. The van der Waals surface area contributed by atoms with E-state index in [0.717, 1.165) is 25.9 Å². The molecular weight excluding hydrogens is 289 g/mol. The van der Waals surface area contributed by atoms with E-state index in [4.69, 9.17) is 0 Å². The van der Waals surface area contributed by atoms with Crippen LogP contribution in [0.25, 0.3) is 0 Å². The van der Waals surface area contributed by atoms with Crippen LogP contribution in [0.2, 0.25) is 0 Å². The van der Waals surface area contributed by atoms with Gasteiger partial charge >= 0.3 is 0 Å². The zero-order valence-corrected chi connectivity index (χ0v) is 13.7. The predicted octanol–water partition coefficient (Wildman–Crippen LogP) is 5.07. The lowest BCUT2D eigenvalue weighted by atomic mass is 9.88. The van der Waals surface area contributed by atoms with Gasteiger partial charge in [-0.2, -0.15) is 0 Å². The molecule has 0 amide bonds. The lowest BCUT2D eigenvalue weighted by molar-refractivity contribution is 0.0947. The summed E-state index contributed by atoms with van der Waals surface area (Å²) in [5, 5.41) is 0. The first-order valence-electron chi connectivity index (χ1n) is 8.62. The van der Waals surface area contributed by atoms with Gasteiger partial charge in [-0.15, -0.1) is 0 Å². The second-order valence-corrected chi connectivity index (χ2v) is 6.47. The summed E-state index contributed by atoms with van der Waals surface area (Å²) in [5.74, 6) is -0.665. The van der Waals surface area contributed by atoms with Gasteiger partial charge in [0.15, 0.2) is 5.78 Å². The van der Waals surface area contributed by atoms with E-state index in [1.807, 2.05) is 30.3 Å². The second-order valence-electron chi connectivity index (χ2n) is 6.47. The Kier molecular flexibility index (Phi) is 4.94. The summed E-state index contributed by atoms with van der Waals surface area (Å²) in [6.45, 7) is 3.98. The van der Waals surface area contributed by atoms with Crippen LogP contribution < -0.4 is 4.90 Å². The number of benzene rings is 1. The van der Waals surface area contributed by atoms with Gasteiger partial charge in [0.2, 0.25) is 0 Å². The molecule has 0 spiro atoms. The molecule has 3 heteroatoms. The number of Topliss-reactive ketones (excluding diaryl/α,β-unsaturated/α-hetero) is 1. The van der Waals surface area contributed by atoms with Gasteiger partial charge in [-0.3, -0.25) is 4.79 Å². The Morgan fingerprint density at radius 1 is 1.04 bits per heavy atom. The summed E-state index contributed by atoms with van der Waals surface area (Å²) in [5.41, 5.74) is 2.38. The maximum absolute atomic E-state index is 13.9. The Bertz CT molecular complexity index is 624. The molecule has 1 aliphatic heterocycles. The van der Waals surface area contributed by atoms with Crippen molar-refractivity contribution in [3.63, 3.8) is 0 Å². The standard InChI is InChI=1S/C20H24FNO/c1-15(18-7-3-4-8-19(18)21)20(23)16-9-11-17(12-10-16)22-13-5-2-6-14-22/h7-12,15H,2-6,13-14H2,1H3. The summed E-state index contributed by atoms with van der Waals surface area (Å²) >= 11 is 0. The van der Waals surface area contributed by atoms with Crippen LogP contribution >= 0.6 is 0 Å². The molecule has 2 aliphatic rings. The van der Waals surface area contributed by atoms with Crippen molar-refractivity contribution < 1.29 is 9.18 Å². The molecular formula is C20H24FNO. The molecule has 23 heavy (non-hydrogen) atoms. The number of hydrogen-bond acceptors (Lipinski definition) is 2. The molecule has 1 unspecified atom stereocenters. The van der Waals surface area contributed by atoms with E-state index in [-0.39, 0.29) is 11.6 Å². The second kappa shape index (κ2) is 7.12. The van der Waals surface area contributed by atoms with E-state index in [2.05, 4.69) is 4.90 Å². The largest absolute Gasteiger partial charge is 0.372 e. The Morgan fingerprint density at radius 3 is 2.35 bits per heavy atom. The highest BCUT2D eigenvalue weighted by molar-refractivity contribution is 6.00. The van der Waals surface area contributed by atoms with Gasteiger partial charge in [0, 0.05) is 30.3 Å². The molecule has 3 rings (SSSR count). The molecule has 1 heterocycles. The topological polar surface area (TPSA) is 20.3 Å². The van der Waals surface area contributed by atoms with Crippen molar-refractivity contribution in [1.29, 1.82) is 0 Å². The Hall–Kier alpha value is -1.90. The smallest absolute Gasteiger partial charge is 0.170 e. The van der Waals surface area contributed by atoms with Crippen LogP contribution in [0.1, 0.15) is 49.4 Å². The summed E-state index contributed by atoms with van der Waals surface area (Å²) in [6.07, 6.45) is 8.75. The lowest BCUT2D eigenvalue weighted by Gasteiger charge is -2.29. The molecule has 0 bridgehead atoms. The van der Waals surface area contributed by atoms with Crippen LogP contribution in [0.4, 0.5) is 10.1 Å². The Labute approximate surface area is 137 Å². The molecule has 2 nitrogen and oxygen atoms in total. The molecule has 1 aromatic rings. The van der Waals surface area contributed by atoms with E-state index < -0.39 is 5.92 Å². The molecule has 0 radical (unpaired) electrons. The molecule has 0 N–H and O–H groups in total. The van der Waals surface area contributed by atoms with Crippen LogP contribution in [0.15, 0.2) is 47.8 Å². The van der Waals surface area contributed by atoms with Crippen LogP contribution in [-0.2, 0) is 0 Å². The third kappa shape index (κ3) is 3.54. The number of nitrogens with zero attached hydrogens (tertiary/aromatic N) is 1. The van der Waals surface area contributed by atoms with Crippen LogP contribution in [0.3, 0.4) is 0 Å². The van der Waals surface area contributed by atoms with Gasteiger partial charge in [0.25, 0.3) is 0 Å². The van der Waals surface area contributed by atoms with Crippen molar-refractivity contribution in [2.24, 2.45) is 5.92 Å². The molecule has 0 aromatic heterocycles. The van der Waals surface area contributed by atoms with Crippen molar-refractivity contribution in [3.8, 4) is 0 Å². The van der Waals surface area contributed by atoms with Crippen molar-refractivity contribution in [2.45, 2.75) is 39.0 Å². The fourth-order valence-electron chi connectivity index (χ4n) is 3.43. The van der Waals surface area contributed by atoms with Gasteiger partial charge in [0.1, 0.15) is 5.83 Å². The minimum Gasteiger partial charge on any atom is -0.372 e. The zero-order chi connectivity index (χ0) is 16.2. The molecule has 1 aromatic carbocycles. The summed E-state index contributed by atoms with van der Waals surface area (Å²) in [6, 6.07) is 7.81. The van der Waals surface area contributed by atoms with Crippen molar-refractivity contribution in [2.75, 3.05) is 18.0 Å². The first-order valence-corrected chi connectivity index (χ1v) is 8.62. The number of hydrogen-bond donors (Lipinski definition) is 0. The fourth-order valence-corrected chi connectivity index (χ4v) is 3.43. The highest BCUT2D eigenvalue weighted by atomic mass is 19.1. The summed E-state index contributed by atoms with van der Waals surface area (Å²) < 4.78 is 13.9. The van der Waals surface area contributed by atoms with Crippen molar-refractivity contribution in [3.05, 3.63) is 53.4 Å². The molecule has 1 atom stereocenters. The Balaban J connectivity index is 1.72. The van der Waals surface area contributed by atoms with Crippen LogP contribution in [-0.4, -0.2) is 18.9 Å². The molecule has 1 fully saturated rings. The van der Waals surface area contributed by atoms with E-state index in [1.165, 1.54) is 24.9 Å². The predicted molar refractivity (Wildman–Crippen MR) is 92.5 cm³/mol. The number of allylic oxidation sites excluding steroid dienone is 4. The number of anilines is 1. The normalized spacial score (nSPS) is 19.8. The third-order valence-electron chi connectivity index (χ3n) is 4.86. The van der Waals surface area contributed by atoms with Crippen LogP contribution in [0, 0.1) is 5.92 Å². The van der Waals surface area contributed by atoms with Crippen LogP contribution in [0.5, 0.6) is 0 Å². The highest BCUT2D eigenvalue weighted by Gasteiger charge is 2.23. The average molecular weight is 313 g/mol. The third-order valence-corrected chi connectivity index (χ3v) is 4.86. The number of ketones is 1. The fraction of sp³-hybridized carbons (Fsp3) is 0.450. The summed E-state index contributed by atoms with van der Waals surface area (Å²) in [7, 11) is 0. The summed E-state index contributed by atoms with van der Waals surface area (Å²) in [4.78, 5) is 15.0. The highest BCUT2D eigenvalue weighted by Crippen LogP contribution is 2.29. The van der Waals surface area contributed by atoms with E-state index in [1.54, 1.807) is 13.0 Å². The minimum absolute atomic E-state index is 0.00751. The quantitative estimate of drug-likeness (QED) is 0.723. The minimum atomic E-state index is -0.424. The number of piperidine rings is 1. The van der Waals surface area contributed by atoms with E-state index in [9.17, 15) is 9.18 Å². The first kappa shape index (κ1) is 16.0. The van der Waals surface area contributed by atoms with Gasteiger partial charge in [-0.05, 0) is 68.0 Å². The maximum Gasteiger partial charge on any atom is 0.170 e. The maximum atomic E-state index is 13.9. The molecule has 0 saturated carbocycles. The lowest BCUT2D eigenvalue weighted by Crippen LogP contribution is -2.29.